The van der Waals surface area contributed by atoms with Crippen LogP contribution in [0.15, 0.2) is 57.1 Å². The Hall–Kier alpha value is -3.79. The first-order valence-corrected chi connectivity index (χ1v) is 10.7. The first-order chi connectivity index (χ1) is 15.2. The van der Waals surface area contributed by atoms with Gasteiger partial charge in [0.25, 0.3) is 11.6 Å². The quantitative estimate of drug-likeness (QED) is 0.290. The van der Waals surface area contributed by atoms with E-state index in [9.17, 15) is 14.9 Å². The summed E-state index contributed by atoms with van der Waals surface area (Å²) in [5.74, 6) is -0.339. The highest BCUT2D eigenvalue weighted by molar-refractivity contribution is 7.14. The molecule has 32 heavy (non-hydrogen) atoms. The third-order valence-electron chi connectivity index (χ3n) is 5.03. The van der Waals surface area contributed by atoms with Crippen molar-refractivity contribution in [1.29, 1.82) is 0 Å². The standard InChI is InChI=1S/C22H20N6O3S/c1-12-8-13(2)19(14(3)9-12)24-25-20-15(4)26-27(21(20)29)22-23-18(11-32-22)16-6-5-7-17(10-16)28(30)31/h5-11,20H,1-4H3/t20-/m0/s1. The molecule has 1 aliphatic heterocycles. The van der Waals surface area contributed by atoms with Gasteiger partial charge in [-0.15, -0.1) is 11.3 Å². The van der Waals surface area contributed by atoms with Crippen molar-refractivity contribution in [3.63, 3.8) is 0 Å². The van der Waals surface area contributed by atoms with Crippen LogP contribution < -0.4 is 5.01 Å². The zero-order valence-electron chi connectivity index (χ0n) is 17.9. The lowest BCUT2D eigenvalue weighted by Gasteiger charge is -2.09. The second-order valence-electron chi connectivity index (χ2n) is 7.58. The van der Waals surface area contributed by atoms with Crippen LogP contribution in [-0.2, 0) is 4.79 Å². The first kappa shape index (κ1) is 21.4. The molecule has 0 saturated heterocycles. The fraction of sp³-hybridized carbons (Fsp3) is 0.227. The number of hydrogen-bond acceptors (Lipinski definition) is 8. The van der Waals surface area contributed by atoms with E-state index in [2.05, 4.69) is 20.3 Å². The van der Waals surface area contributed by atoms with E-state index >= 15 is 0 Å². The molecule has 9 nitrogen and oxygen atoms in total. The van der Waals surface area contributed by atoms with E-state index < -0.39 is 11.0 Å². The lowest BCUT2D eigenvalue weighted by atomic mass is 10.1. The van der Waals surface area contributed by atoms with Crippen molar-refractivity contribution < 1.29 is 9.72 Å². The summed E-state index contributed by atoms with van der Waals surface area (Å²) in [6, 6.07) is 9.42. The molecule has 1 aromatic heterocycles. The molecular weight excluding hydrogens is 428 g/mol. The second kappa shape index (κ2) is 8.39. The summed E-state index contributed by atoms with van der Waals surface area (Å²) in [6.45, 7) is 7.67. The van der Waals surface area contributed by atoms with Crippen LogP contribution in [0.2, 0.25) is 0 Å². The minimum Gasteiger partial charge on any atom is -0.269 e. The van der Waals surface area contributed by atoms with Gasteiger partial charge >= 0.3 is 0 Å². The predicted octanol–water partition coefficient (Wildman–Crippen LogP) is 5.52. The molecule has 4 rings (SSSR count). The Balaban J connectivity index is 1.57. The number of rotatable bonds is 5. The van der Waals surface area contributed by atoms with Crippen LogP contribution in [0, 0.1) is 30.9 Å². The van der Waals surface area contributed by atoms with Crippen molar-refractivity contribution in [1.82, 2.24) is 4.98 Å². The lowest BCUT2D eigenvalue weighted by molar-refractivity contribution is -0.384. The third-order valence-corrected chi connectivity index (χ3v) is 5.85. The average Bonchev–Trinajstić information content (AvgIpc) is 3.33. The molecule has 0 N–H and O–H groups in total. The van der Waals surface area contributed by atoms with Gasteiger partial charge in [-0.1, -0.05) is 29.8 Å². The summed E-state index contributed by atoms with van der Waals surface area (Å²) in [4.78, 5) is 28.0. The van der Waals surface area contributed by atoms with Crippen LogP contribution in [0.5, 0.6) is 0 Å². The van der Waals surface area contributed by atoms with Gasteiger partial charge in [-0.2, -0.15) is 20.3 Å². The maximum Gasteiger partial charge on any atom is 0.282 e. The van der Waals surface area contributed by atoms with Gasteiger partial charge in [-0.25, -0.2) is 4.98 Å². The molecule has 2 heterocycles. The van der Waals surface area contributed by atoms with Crippen molar-refractivity contribution in [3.05, 3.63) is 68.6 Å². The van der Waals surface area contributed by atoms with E-state index in [1.54, 1.807) is 24.4 Å². The number of amides is 1. The molecule has 3 aromatic rings. The zero-order chi connectivity index (χ0) is 23.0. The number of azo groups is 1. The number of carbonyl (C=O) groups excluding carboxylic acids is 1. The number of aryl methyl sites for hydroxylation is 3. The van der Waals surface area contributed by atoms with Crippen molar-refractivity contribution in [2.45, 2.75) is 33.7 Å². The number of carbonyl (C=O) groups is 1. The van der Waals surface area contributed by atoms with E-state index in [4.69, 9.17) is 0 Å². The molecule has 10 heteroatoms. The monoisotopic (exact) mass is 448 g/mol. The molecule has 0 spiro atoms. The summed E-state index contributed by atoms with van der Waals surface area (Å²) >= 11 is 1.23. The molecule has 0 radical (unpaired) electrons. The van der Waals surface area contributed by atoms with Gasteiger partial charge in [0.2, 0.25) is 5.13 Å². The Morgan fingerprint density at radius 2 is 1.84 bits per heavy atom. The highest BCUT2D eigenvalue weighted by atomic mass is 32.1. The fourth-order valence-electron chi connectivity index (χ4n) is 3.54. The van der Waals surface area contributed by atoms with Crippen LogP contribution >= 0.6 is 11.3 Å². The van der Waals surface area contributed by atoms with Crippen LogP contribution in [0.25, 0.3) is 11.3 Å². The number of benzene rings is 2. The molecule has 0 aliphatic carbocycles. The smallest absolute Gasteiger partial charge is 0.269 e. The van der Waals surface area contributed by atoms with Gasteiger partial charge in [0.05, 0.1) is 22.0 Å². The maximum absolute atomic E-state index is 13.0. The molecule has 1 atom stereocenters. The van der Waals surface area contributed by atoms with Crippen LogP contribution in [-0.4, -0.2) is 27.6 Å². The zero-order valence-corrected chi connectivity index (χ0v) is 18.8. The Labute approximate surface area is 188 Å². The van der Waals surface area contributed by atoms with E-state index in [0.717, 1.165) is 22.4 Å². The number of anilines is 1. The van der Waals surface area contributed by atoms with Crippen LogP contribution in [0.4, 0.5) is 16.5 Å². The predicted molar refractivity (Wildman–Crippen MR) is 124 cm³/mol. The number of nitrogens with zero attached hydrogens (tertiary/aromatic N) is 6. The fourth-order valence-corrected chi connectivity index (χ4v) is 4.33. The topological polar surface area (TPSA) is 113 Å². The van der Waals surface area contributed by atoms with Crippen molar-refractivity contribution in [3.8, 4) is 11.3 Å². The molecular formula is C22H20N6O3S. The molecule has 2 aromatic carbocycles. The maximum atomic E-state index is 13.0. The minimum atomic E-state index is -0.819. The van der Waals surface area contributed by atoms with Gasteiger partial charge in [0.15, 0.2) is 6.04 Å². The SMILES string of the molecule is CC1=NN(c2nc(-c3cccc([N+](=O)[O-])c3)cs2)C(=O)[C@H]1N=Nc1c(C)cc(C)cc1C. The van der Waals surface area contributed by atoms with Crippen molar-refractivity contribution >= 4 is 39.5 Å². The van der Waals surface area contributed by atoms with Gasteiger partial charge < -0.3 is 0 Å². The molecule has 1 amide bonds. The summed E-state index contributed by atoms with van der Waals surface area (Å²) in [6.07, 6.45) is 0. The summed E-state index contributed by atoms with van der Waals surface area (Å²) in [5, 5.41) is 27.3. The van der Waals surface area contributed by atoms with Crippen molar-refractivity contribution in [2.24, 2.45) is 15.3 Å². The van der Waals surface area contributed by atoms with Crippen molar-refractivity contribution in [2.75, 3.05) is 5.01 Å². The molecule has 0 fully saturated rings. The van der Waals surface area contributed by atoms with E-state index in [0.29, 0.717) is 22.1 Å². The number of nitro benzene ring substituents is 1. The Bertz CT molecular complexity index is 1270. The Kier molecular flexibility index (Phi) is 5.62. The third kappa shape index (κ3) is 4.04. The first-order valence-electron chi connectivity index (χ1n) is 9.82. The largest absolute Gasteiger partial charge is 0.282 e. The number of nitro groups is 1. The van der Waals surface area contributed by atoms with Gasteiger partial charge in [-0.05, 0) is 38.8 Å². The normalized spacial score (nSPS) is 16.1. The summed E-state index contributed by atoms with van der Waals surface area (Å²) in [5.41, 5.74) is 5.49. The average molecular weight is 449 g/mol. The molecule has 0 saturated carbocycles. The van der Waals surface area contributed by atoms with E-state index in [1.165, 1.54) is 28.5 Å². The lowest BCUT2D eigenvalue weighted by Crippen LogP contribution is -2.29. The number of aromatic nitrogens is 1. The molecule has 0 bridgehead atoms. The second-order valence-corrected chi connectivity index (χ2v) is 8.42. The molecule has 162 valence electrons. The number of hydrazone groups is 1. The Morgan fingerprint density at radius 3 is 2.53 bits per heavy atom. The summed E-state index contributed by atoms with van der Waals surface area (Å²) < 4.78 is 0. The van der Waals surface area contributed by atoms with Gasteiger partial charge in [-0.3, -0.25) is 14.9 Å². The Morgan fingerprint density at radius 1 is 1.12 bits per heavy atom. The minimum absolute atomic E-state index is 0.0228. The van der Waals surface area contributed by atoms with Crippen LogP contribution in [0.3, 0.4) is 0 Å². The summed E-state index contributed by atoms with van der Waals surface area (Å²) in [7, 11) is 0. The highest BCUT2D eigenvalue weighted by Gasteiger charge is 2.36. The van der Waals surface area contributed by atoms with E-state index in [-0.39, 0.29) is 11.6 Å². The van der Waals surface area contributed by atoms with Gasteiger partial charge in [0.1, 0.15) is 0 Å². The highest BCUT2D eigenvalue weighted by Crippen LogP contribution is 2.32. The number of non-ortho nitro benzene ring substituents is 1. The number of hydrogen-bond donors (Lipinski definition) is 0. The van der Waals surface area contributed by atoms with Crippen LogP contribution in [0.1, 0.15) is 23.6 Å². The van der Waals surface area contributed by atoms with Gasteiger partial charge in [0, 0.05) is 23.1 Å². The molecule has 1 aliphatic rings. The molecule has 0 unspecified atom stereocenters. The number of thiazole rings is 1. The van der Waals surface area contributed by atoms with E-state index in [1.807, 2.05) is 32.9 Å².